The summed E-state index contributed by atoms with van der Waals surface area (Å²) >= 11 is 0. The van der Waals surface area contributed by atoms with Gasteiger partial charge in [-0.25, -0.2) is 15.8 Å². The average Bonchev–Trinajstić information content (AvgIpc) is 2.52. The first-order valence-corrected chi connectivity index (χ1v) is 6.25. The molecule has 7 nitrogen and oxygen atoms in total. The molecule has 21 heavy (non-hydrogen) atoms. The van der Waals surface area contributed by atoms with Gasteiger partial charge in [0, 0.05) is 17.3 Å². The number of benzene rings is 1. The van der Waals surface area contributed by atoms with E-state index in [1.165, 1.54) is 0 Å². The maximum absolute atomic E-state index is 5.41. The van der Waals surface area contributed by atoms with Gasteiger partial charge in [0.05, 0.1) is 21.3 Å². The SMILES string of the molecule is COc1cc(-c2nc(C)cc(NN)n2)cc(OC)c1OC. The van der Waals surface area contributed by atoms with E-state index in [0.717, 1.165) is 11.3 Å². The minimum Gasteiger partial charge on any atom is -0.493 e. The van der Waals surface area contributed by atoms with E-state index in [2.05, 4.69) is 15.4 Å². The lowest BCUT2D eigenvalue weighted by Crippen LogP contribution is -2.10. The molecule has 1 heterocycles. The van der Waals surface area contributed by atoms with Crippen LogP contribution < -0.4 is 25.5 Å². The van der Waals surface area contributed by atoms with Gasteiger partial charge in [0.15, 0.2) is 17.3 Å². The first kappa shape index (κ1) is 14.9. The van der Waals surface area contributed by atoms with Crippen LogP contribution in [-0.4, -0.2) is 31.3 Å². The number of hydrogen-bond acceptors (Lipinski definition) is 7. The highest BCUT2D eigenvalue weighted by Gasteiger charge is 2.15. The molecule has 7 heteroatoms. The van der Waals surface area contributed by atoms with Gasteiger partial charge in [0.2, 0.25) is 5.75 Å². The van der Waals surface area contributed by atoms with Crippen LogP contribution in [0.1, 0.15) is 5.69 Å². The quantitative estimate of drug-likeness (QED) is 0.640. The summed E-state index contributed by atoms with van der Waals surface area (Å²) in [5.74, 6) is 8.07. The van der Waals surface area contributed by atoms with Gasteiger partial charge < -0.3 is 19.6 Å². The first-order valence-electron chi connectivity index (χ1n) is 6.25. The van der Waals surface area contributed by atoms with Gasteiger partial charge in [-0.15, -0.1) is 0 Å². The van der Waals surface area contributed by atoms with E-state index < -0.39 is 0 Å². The van der Waals surface area contributed by atoms with Crippen molar-refractivity contribution in [1.82, 2.24) is 9.97 Å². The van der Waals surface area contributed by atoms with Crippen molar-refractivity contribution in [3.8, 4) is 28.6 Å². The number of nitrogens with one attached hydrogen (secondary N) is 1. The molecule has 1 aromatic carbocycles. The summed E-state index contributed by atoms with van der Waals surface area (Å²) < 4.78 is 15.9. The molecular formula is C14H18N4O3. The van der Waals surface area contributed by atoms with E-state index in [9.17, 15) is 0 Å². The van der Waals surface area contributed by atoms with E-state index >= 15 is 0 Å². The van der Waals surface area contributed by atoms with Gasteiger partial charge in [0.25, 0.3) is 0 Å². The van der Waals surface area contributed by atoms with E-state index in [1.54, 1.807) is 39.5 Å². The van der Waals surface area contributed by atoms with Crippen LogP contribution in [0.25, 0.3) is 11.4 Å². The normalized spacial score (nSPS) is 10.1. The second kappa shape index (κ2) is 6.27. The second-order valence-electron chi connectivity index (χ2n) is 4.28. The number of rotatable bonds is 5. The average molecular weight is 290 g/mol. The monoisotopic (exact) mass is 290 g/mol. The van der Waals surface area contributed by atoms with Crippen LogP contribution in [-0.2, 0) is 0 Å². The number of aromatic nitrogens is 2. The maximum atomic E-state index is 5.41. The molecule has 0 fully saturated rings. The lowest BCUT2D eigenvalue weighted by atomic mass is 10.1. The summed E-state index contributed by atoms with van der Waals surface area (Å²) in [6.45, 7) is 1.87. The predicted molar refractivity (Wildman–Crippen MR) is 79.7 cm³/mol. The molecule has 0 amide bonds. The first-order chi connectivity index (χ1) is 10.1. The number of anilines is 1. The summed E-state index contributed by atoms with van der Waals surface area (Å²) in [4.78, 5) is 8.73. The number of nitrogens with two attached hydrogens (primary N) is 1. The smallest absolute Gasteiger partial charge is 0.203 e. The van der Waals surface area contributed by atoms with Crippen LogP contribution in [0.15, 0.2) is 18.2 Å². The summed E-state index contributed by atoms with van der Waals surface area (Å²) in [6.07, 6.45) is 0. The maximum Gasteiger partial charge on any atom is 0.203 e. The minimum atomic E-state index is 0.516. The molecule has 0 aliphatic heterocycles. The largest absolute Gasteiger partial charge is 0.493 e. The number of nitrogen functional groups attached to an aromatic ring is 1. The van der Waals surface area contributed by atoms with Crippen molar-refractivity contribution in [2.45, 2.75) is 6.92 Å². The van der Waals surface area contributed by atoms with Gasteiger partial charge in [-0.2, -0.15) is 0 Å². The fourth-order valence-corrected chi connectivity index (χ4v) is 1.98. The van der Waals surface area contributed by atoms with Gasteiger partial charge in [-0.1, -0.05) is 0 Å². The number of hydrogen-bond donors (Lipinski definition) is 2. The van der Waals surface area contributed by atoms with Crippen LogP contribution in [0.3, 0.4) is 0 Å². The summed E-state index contributed by atoms with van der Waals surface area (Å²) in [5, 5.41) is 0. The highest BCUT2D eigenvalue weighted by molar-refractivity contribution is 5.67. The fourth-order valence-electron chi connectivity index (χ4n) is 1.98. The Morgan fingerprint density at radius 3 is 2.05 bits per heavy atom. The van der Waals surface area contributed by atoms with E-state index in [-0.39, 0.29) is 0 Å². The Hall–Kier alpha value is -2.54. The molecule has 2 rings (SSSR count). The molecular weight excluding hydrogens is 272 g/mol. The van der Waals surface area contributed by atoms with Crippen molar-refractivity contribution in [3.05, 3.63) is 23.9 Å². The molecule has 0 atom stereocenters. The number of hydrazine groups is 1. The molecule has 2 aromatic rings. The zero-order valence-electron chi connectivity index (χ0n) is 12.4. The number of ether oxygens (including phenoxy) is 3. The van der Waals surface area contributed by atoms with Gasteiger partial charge in [-0.3, -0.25) is 0 Å². The van der Waals surface area contributed by atoms with Crippen molar-refractivity contribution in [2.75, 3.05) is 26.8 Å². The Labute approximate surface area is 123 Å². The van der Waals surface area contributed by atoms with Crippen molar-refractivity contribution < 1.29 is 14.2 Å². The highest BCUT2D eigenvalue weighted by atomic mass is 16.5. The third kappa shape index (κ3) is 2.97. The van der Waals surface area contributed by atoms with Crippen LogP contribution in [0.5, 0.6) is 17.2 Å². The summed E-state index contributed by atoms with van der Waals surface area (Å²) in [5.41, 5.74) is 4.05. The van der Waals surface area contributed by atoms with Crippen LogP contribution in [0, 0.1) is 6.92 Å². The Balaban J connectivity index is 2.61. The fraction of sp³-hybridized carbons (Fsp3) is 0.286. The van der Waals surface area contributed by atoms with E-state index in [4.69, 9.17) is 20.1 Å². The van der Waals surface area contributed by atoms with E-state index in [0.29, 0.717) is 28.9 Å². The molecule has 0 aliphatic carbocycles. The molecule has 0 aliphatic rings. The van der Waals surface area contributed by atoms with Crippen molar-refractivity contribution >= 4 is 5.82 Å². The van der Waals surface area contributed by atoms with Gasteiger partial charge in [0.1, 0.15) is 5.82 Å². The molecule has 0 saturated heterocycles. The molecule has 0 unspecified atom stereocenters. The van der Waals surface area contributed by atoms with Crippen LogP contribution >= 0.6 is 0 Å². The van der Waals surface area contributed by atoms with Gasteiger partial charge >= 0.3 is 0 Å². The molecule has 112 valence electrons. The zero-order chi connectivity index (χ0) is 15.4. The minimum absolute atomic E-state index is 0.516. The molecule has 0 radical (unpaired) electrons. The Morgan fingerprint density at radius 1 is 0.952 bits per heavy atom. The molecule has 0 saturated carbocycles. The van der Waals surface area contributed by atoms with Crippen molar-refractivity contribution in [2.24, 2.45) is 5.84 Å². The summed E-state index contributed by atoms with van der Waals surface area (Å²) in [6, 6.07) is 5.33. The van der Waals surface area contributed by atoms with Crippen molar-refractivity contribution in [1.29, 1.82) is 0 Å². The van der Waals surface area contributed by atoms with E-state index in [1.807, 2.05) is 6.92 Å². The molecule has 0 spiro atoms. The third-order valence-corrected chi connectivity index (χ3v) is 2.93. The Morgan fingerprint density at radius 2 is 1.57 bits per heavy atom. The Kier molecular flexibility index (Phi) is 4.44. The number of aryl methyl sites for hydroxylation is 1. The lowest BCUT2D eigenvalue weighted by Gasteiger charge is -2.14. The molecule has 3 N–H and O–H groups in total. The predicted octanol–water partition coefficient (Wildman–Crippen LogP) is 1.76. The lowest BCUT2D eigenvalue weighted by molar-refractivity contribution is 0.324. The molecule has 1 aromatic heterocycles. The second-order valence-corrected chi connectivity index (χ2v) is 4.28. The van der Waals surface area contributed by atoms with Gasteiger partial charge in [-0.05, 0) is 19.1 Å². The van der Waals surface area contributed by atoms with Crippen LogP contribution in [0.2, 0.25) is 0 Å². The third-order valence-electron chi connectivity index (χ3n) is 2.93. The highest BCUT2D eigenvalue weighted by Crippen LogP contribution is 2.40. The van der Waals surface area contributed by atoms with Crippen molar-refractivity contribution in [3.63, 3.8) is 0 Å². The van der Waals surface area contributed by atoms with Crippen LogP contribution in [0.4, 0.5) is 5.82 Å². The Bertz CT molecular complexity index is 621. The molecule has 0 bridgehead atoms. The topological polar surface area (TPSA) is 91.5 Å². The standard InChI is InChI=1S/C14H18N4O3/c1-8-5-12(18-15)17-14(16-8)9-6-10(19-2)13(21-4)11(7-9)20-3/h5-7H,15H2,1-4H3,(H,16,17,18). The number of nitrogens with zero attached hydrogens (tertiary/aromatic N) is 2. The number of methoxy groups -OCH3 is 3. The zero-order valence-corrected chi connectivity index (χ0v) is 12.4. The summed E-state index contributed by atoms with van der Waals surface area (Å²) in [7, 11) is 4.68.